The van der Waals surface area contributed by atoms with Crippen LogP contribution in [-0.2, 0) is 11.2 Å². The molecule has 2 saturated heterocycles. The molecule has 3 amide bonds. The molecular weight excluding hydrogens is 356 g/mol. The minimum Gasteiger partial charge on any atom is -0.354 e. The fourth-order valence-electron chi connectivity index (χ4n) is 4.28. The third kappa shape index (κ3) is 4.04. The van der Waals surface area contributed by atoms with Gasteiger partial charge in [-0.05, 0) is 61.9 Å². The van der Waals surface area contributed by atoms with Crippen molar-refractivity contribution in [2.45, 2.75) is 39.5 Å². The second kappa shape index (κ2) is 7.91. The molecule has 7 heteroatoms. The molecule has 0 aliphatic carbocycles. The van der Waals surface area contributed by atoms with Crippen molar-refractivity contribution in [2.24, 2.45) is 11.8 Å². The summed E-state index contributed by atoms with van der Waals surface area (Å²) in [5.41, 5.74) is 1.91. The SMILES string of the molecule is CC(C)CN1CCC(Cc2ccc3onc(N4CCC(=O)NC4=O)c3c2)CC1. The molecule has 7 nitrogen and oxygen atoms in total. The molecule has 2 aromatic rings. The number of hydrogen-bond acceptors (Lipinski definition) is 5. The number of likely N-dealkylation sites (tertiary alicyclic amines) is 1. The summed E-state index contributed by atoms with van der Waals surface area (Å²) >= 11 is 0. The van der Waals surface area contributed by atoms with Crippen LogP contribution in [0.1, 0.15) is 38.7 Å². The van der Waals surface area contributed by atoms with Crippen molar-refractivity contribution in [1.29, 1.82) is 0 Å². The second-order valence-electron chi connectivity index (χ2n) is 8.43. The number of carbonyl (C=O) groups is 2. The highest BCUT2D eigenvalue weighted by Gasteiger charge is 2.28. The van der Waals surface area contributed by atoms with Gasteiger partial charge in [-0.1, -0.05) is 25.1 Å². The average molecular weight is 384 g/mol. The zero-order chi connectivity index (χ0) is 19.7. The number of fused-ring (bicyclic) bond motifs is 1. The van der Waals surface area contributed by atoms with E-state index in [2.05, 4.69) is 41.4 Å². The van der Waals surface area contributed by atoms with Crippen LogP contribution in [0.25, 0.3) is 11.0 Å². The molecule has 0 radical (unpaired) electrons. The molecule has 0 unspecified atom stereocenters. The summed E-state index contributed by atoms with van der Waals surface area (Å²) in [5, 5.41) is 7.27. The molecule has 0 spiro atoms. The average Bonchev–Trinajstić information content (AvgIpc) is 3.06. The Morgan fingerprint density at radius 1 is 1.21 bits per heavy atom. The van der Waals surface area contributed by atoms with Crippen molar-refractivity contribution < 1.29 is 14.1 Å². The maximum Gasteiger partial charge on any atom is 0.329 e. The first-order valence-electron chi connectivity index (χ1n) is 10.2. The number of benzene rings is 1. The highest BCUT2D eigenvalue weighted by atomic mass is 16.5. The van der Waals surface area contributed by atoms with E-state index in [1.807, 2.05) is 6.07 Å². The maximum atomic E-state index is 12.2. The summed E-state index contributed by atoms with van der Waals surface area (Å²) in [5.74, 6) is 1.64. The molecule has 0 bridgehead atoms. The largest absolute Gasteiger partial charge is 0.354 e. The number of aromatic nitrogens is 1. The molecular formula is C21H28N4O3. The van der Waals surface area contributed by atoms with Gasteiger partial charge in [0.2, 0.25) is 5.91 Å². The minimum atomic E-state index is -0.436. The quantitative estimate of drug-likeness (QED) is 0.857. The molecule has 2 aliphatic heterocycles. The van der Waals surface area contributed by atoms with E-state index < -0.39 is 6.03 Å². The van der Waals surface area contributed by atoms with Gasteiger partial charge in [0.05, 0.1) is 5.39 Å². The Labute approximate surface area is 165 Å². The first-order chi connectivity index (χ1) is 13.5. The Morgan fingerprint density at radius 3 is 2.71 bits per heavy atom. The van der Waals surface area contributed by atoms with Crippen LogP contribution < -0.4 is 10.2 Å². The molecule has 28 heavy (non-hydrogen) atoms. The van der Waals surface area contributed by atoms with Crippen molar-refractivity contribution in [2.75, 3.05) is 31.1 Å². The van der Waals surface area contributed by atoms with E-state index >= 15 is 0 Å². The number of imide groups is 1. The van der Waals surface area contributed by atoms with E-state index in [-0.39, 0.29) is 12.3 Å². The maximum absolute atomic E-state index is 12.2. The molecule has 2 fully saturated rings. The molecule has 4 rings (SSSR count). The third-order valence-electron chi connectivity index (χ3n) is 5.68. The number of nitrogens with one attached hydrogen (secondary N) is 1. The summed E-state index contributed by atoms with van der Waals surface area (Å²) in [6.07, 6.45) is 3.74. The molecule has 1 N–H and O–H groups in total. The van der Waals surface area contributed by atoms with E-state index in [0.717, 1.165) is 11.8 Å². The van der Waals surface area contributed by atoms with E-state index in [4.69, 9.17) is 4.52 Å². The Bertz CT molecular complexity index is 868. The van der Waals surface area contributed by atoms with Gasteiger partial charge in [-0.15, -0.1) is 0 Å². The Morgan fingerprint density at radius 2 is 2.00 bits per heavy atom. The standard InChI is InChI=1S/C21H28N4O3/c1-14(2)13-24-8-5-15(6-9-24)11-16-3-4-18-17(12-16)20(23-28-18)25-10-7-19(26)22-21(25)27/h3-4,12,14-15H,5-11,13H2,1-2H3,(H,22,26,27). The monoisotopic (exact) mass is 384 g/mol. The van der Waals surface area contributed by atoms with Gasteiger partial charge in [-0.2, -0.15) is 0 Å². The minimum absolute atomic E-state index is 0.251. The number of carbonyl (C=O) groups excluding carboxylic acids is 2. The molecule has 1 aromatic heterocycles. The van der Waals surface area contributed by atoms with E-state index in [1.54, 1.807) is 0 Å². The predicted octanol–water partition coefficient (Wildman–Crippen LogP) is 3.18. The smallest absolute Gasteiger partial charge is 0.329 e. The van der Waals surface area contributed by atoms with Gasteiger partial charge in [0, 0.05) is 19.5 Å². The van der Waals surface area contributed by atoms with Crippen LogP contribution in [0.2, 0.25) is 0 Å². The fourth-order valence-corrected chi connectivity index (χ4v) is 4.28. The van der Waals surface area contributed by atoms with Crippen molar-refractivity contribution in [1.82, 2.24) is 15.4 Å². The first-order valence-corrected chi connectivity index (χ1v) is 10.2. The topological polar surface area (TPSA) is 78.7 Å². The lowest BCUT2D eigenvalue weighted by Crippen LogP contribution is -2.49. The molecule has 3 heterocycles. The van der Waals surface area contributed by atoms with Crippen LogP contribution in [0.5, 0.6) is 0 Å². The Kier molecular flexibility index (Phi) is 5.35. The highest BCUT2D eigenvalue weighted by molar-refractivity contribution is 6.08. The molecule has 2 aliphatic rings. The Hall–Kier alpha value is -2.41. The lowest BCUT2D eigenvalue weighted by Gasteiger charge is -2.33. The molecule has 150 valence electrons. The van der Waals surface area contributed by atoms with Crippen LogP contribution in [-0.4, -0.2) is 48.2 Å². The second-order valence-corrected chi connectivity index (χ2v) is 8.43. The number of rotatable bonds is 5. The summed E-state index contributed by atoms with van der Waals surface area (Å²) in [4.78, 5) is 27.6. The van der Waals surface area contributed by atoms with E-state index in [9.17, 15) is 9.59 Å². The van der Waals surface area contributed by atoms with Crippen LogP contribution in [0.4, 0.5) is 10.6 Å². The number of anilines is 1. The van der Waals surface area contributed by atoms with Gasteiger partial charge in [-0.3, -0.25) is 15.0 Å². The summed E-state index contributed by atoms with van der Waals surface area (Å²) in [6.45, 7) is 8.40. The van der Waals surface area contributed by atoms with Crippen molar-refractivity contribution in [3.8, 4) is 0 Å². The van der Waals surface area contributed by atoms with E-state index in [0.29, 0.717) is 29.8 Å². The first kappa shape index (κ1) is 18.9. The van der Waals surface area contributed by atoms with Crippen LogP contribution >= 0.6 is 0 Å². The normalized spacial score (nSPS) is 19.6. The number of nitrogens with zero attached hydrogens (tertiary/aromatic N) is 3. The number of amides is 3. The number of urea groups is 1. The summed E-state index contributed by atoms with van der Waals surface area (Å²) in [7, 11) is 0. The molecule has 0 saturated carbocycles. The van der Waals surface area contributed by atoms with Crippen molar-refractivity contribution >= 4 is 28.7 Å². The molecule has 0 atom stereocenters. The van der Waals surface area contributed by atoms with Crippen LogP contribution in [0.3, 0.4) is 0 Å². The third-order valence-corrected chi connectivity index (χ3v) is 5.68. The lowest BCUT2D eigenvalue weighted by atomic mass is 9.89. The van der Waals surface area contributed by atoms with Crippen LogP contribution in [0, 0.1) is 11.8 Å². The van der Waals surface area contributed by atoms with E-state index in [1.165, 1.54) is 42.9 Å². The Balaban J connectivity index is 1.46. The zero-order valence-electron chi connectivity index (χ0n) is 16.6. The van der Waals surface area contributed by atoms with Gasteiger partial charge in [0.15, 0.2) is 11.4 Å². The van der Waals surface area contributed by atoms with Gasteiger partial charge in [0.25, 0.3) is 0 Å². The van der Waals surface area contributed by atoms with Crippen LogP contribution in [0.15, 0.2) is 22.7 Å². The lowest BCUT2D eigenvalue weighted by molar-refractivity contribution is -0.120. The summed E-state index contributed by atoms with van der Waals surface area (Å²) in [6, 6.07) is 5.68. The zero-order valence-corrected chi connectivity index (χ0v) is 16.6. The number of piperidine rings is 1. The van der Waals surface area contributed by atoms with Crippen molar-refractivity contribution in [3.63, 3.8) is 0 Å². The van der Waals surface area contributed by atoms with Gasteiger partial charge < -0.3 is 9.42 Å². The van der Waals surface area contributed by atoms with Crippen molar-refractivity contribution in [3.05, 3.63) is 23.8 Å². The number of hydrogen-bond donors (Lipinski definition) is 1. The summed E-state index contributed by atoms with van der Waals surface area (Å²) < 4.78 is 5.41. The van der Waals surface area contributed by atoms with Gasteiger partial charge in [-0.25, -0.2) is 4.79 Å². The molecule has 1 aromatic carbocycles. The predicted molar refractivity (Wildman–Crippen MR) is 107 cm³/mol. The highest BCUT2D eigenvalue weighted by Crippen LogP contribution is 2.30. The van der Waals surface area contributed by atoms with Gasteiger partial charge in [0.1, 0.15) is 0 Å². The fraction of sp³-hybridized carbons (Fsp3) is 0.571. The van der Waals surface area contributed by atoms with Gasteiger partial charge >= 0.3 is 6.03 Å².